The van der Waals surface area contributed by atoms with Gasteiger partial charge in [0.25, 0.3) is 6.43 Å². The zero-order valence-electron chi connectivity index (χ0n) is 8.79. The Kier molecular flexibility index (Phi) is 3.06. The van der Waals surface area contributed by atoms with Crippen molar-refractivity contribution in [2.75, 3.05) is 13.2 Å². The first-order valence-electron chi connectivity index (χ1n) is 4.92. The van der Waals surface area contributed by atoms with Crippen molar-refractivity contribution in [3.05, 3.63) is 35.6 Å². The van der Waals surface area contributed by atoms with Gasteiger partial charge in [0.2, 0.25) is 0 Å². The molecule has 0 saturated carbocycles. The second kappa shape index (κ2) is 4.37. The van der Waals surface area contributed by atoms with E-state index in [1.54, 1.807) is 0 Å². The van der Waals surface area contributed by atoms with Crippen LogP contribution in [0.2, 0.25) is 0 Å². The molecule has 1 aromatic rings. The van der Waals surface area contributed by atoms with Crippen molar-refractivity contribution in [1.29, 1.82) is 0 Å². The Morgan fingerprint density at radius 3 is 2.88 bits per heavy atom. The summed E-state index contributed by atoms with van der Waals surface area (Å²) < 4.78 is 44.9. The summed E-state index contributed by atoms with van der Waals surface area (Å²) in [7, 11) is 0. The summed E-state index contributed by atoms with van der Waals surface area (Å²) in [6, 6.07) is 6.06. The van der Waals surface area contributed by atoms with Gasteiger partial charge in [0.1, 0.15) is 18.3 Å². The highest BCUT2D eigenvalue weighted by Gasteiger charge is 2.46. The van der Waals surface area contributed by atoms with Gasteiger partial charge in [-0.15, -0.1) is 0 Å². The Balaban J connectivity index is 2.56. The van der Waals surface area contributed by atoms with Crippen molar-refractivity contribution in [1.82, 2.24) is 0 Å². The van der Waals surface area contributed by atoms with Crippen LogP contribution in [0.3, 0.4) is 0 Å². The topological polar surface area (TPSA) is 47.6 Å². The lowest BCUT2D eigenvalue weighted by Gasteiger charge is -2.33. The van der Waals surface area contributed by atoms with Crippen LogP contribution in [0.4, 0.5) is 13.2 Å². The van der Waals surface area contributed by atoms with E-state index in [2.05, 4.69) is 11.1 Å². The molecule has 17 heavy (non-hydrogen) atoms. The zero-order chi connectivity index (χ0) is 12.5. The van der Waals surface area contributed by atoms with Gasteiger partial charge >= 0.3 is 0 Å². The highest BCUT2D eigenvalue weighted by atomic mass is 19.3. The molecule has 1 aromatic carbocycles. The van der Waals surface area contributed by atoms with E-state index in [1.165, 1.54) is 6.07 Å². The molecular formula is C11H10F3N2O. The van der Waals surface area contributed by atoms with E-state index in [-0.39, 0.29) is 18.0 Å². The molecule has 0 spiro atoms. The van der Waals surface area contributed by atoms with Crippen molar-refractivity contribution in [2.45, 2.75) is 12.0 Å². The molecule has 0 aliphatic carbocycles. The maximum absolute atomic E-state index is 13.6. The third-order valence-electron chi connectivity index (χ3n) is 2.55. The van der Waals surface area contributed by atoms with Crippen LogP contribution in [-0.2, 0) is 10.3 Å². The van der Waals surface area contributed by atoms with Gasteiger partial charge in [-0.3, -0.25) is 4.99 Å². The number of amidine groups is 1. The van der Waals surface area contributed by atoms with Crippen LogP contribution >= 0.6 is 0 Å². The smallest absolute Gasteiger partial charge is 0.269 e. The van der Waals surface area contributed by atoms with Crippen molar-refractivity contribution >= 4 is 5.84 Å². The van der Waals surface area contributed by atoms with Gasteiger partial charge in [-0.05, 0) is 18.2 Å². The lowest BCUT2D eigenvalue weighted by atomic mass is 9.90. The largest absolute Gasteiger partial charge is 0.385 e. The fourth-order valence-corrected chi connectivity index (χ4v) is 1.74. The van der Waals surface area contributed by atoms with Crippen LogP contribution in [0.15, 0.2) is 23.2 Å². The number of nitrogens with zero attached hydrogens (tertiary/aromatic N) is 1. The van der Waals surface area contributed by atoms with Crippen molar-refractivity contribution in [3.8, 4) is 0 Å². The van der Waals surface area contributed by atoms with Gasteiger partial charge in [0.15, 0.2) is 5.54 Å². The molecule has 91 valence electrons. The summed E-state index contributed by atoms with van der Waals surface area (Å²) in [4.78, 5) is 3.70. The van der Waals surface area contributed by atoms with E-state index in [1.807, 2.05) is 0 Å². The van der Waals surface area contributed by atoms with E-state index >= 15 is 0 Å². The van der Waals surface area contributed by atoms with Crippen LogP contribution in [0.25, 0.3) is 0 Å². The standard InChI is InChI=1S/C11H10F3N2O/c12-8-4-2-1-3-7(8)11(10(13)14)6-17-5-9(15)16-11/h2-4,10H,5-6H2,(H2,15,16)/t11-/m0/s1. The number of halogens is 3. The van der Waals surface area contributed by atoms with Crippen LogP contribution < -0.4 is 5.73 Å². The van der Waals surface area contributed by atoms with Crippen LogP contribution in [-0.4, -0.2) is 25.5 Å². The molecule has 1 radical (unpaired) electrons. The minimum absolute atomic E-state index is 0.0212. The number of nitrogens with two attached hydrogens (primary N) is 1. The Labute approximate surface area is 96.1 Å². The van der Waals surface area contributed by atoms with Gasteiger partial charge in [-0.1, -0.05) is 6.07 Å². The van der Waals surface area contributed by atoms with E-state index < -0.39 is 24.4 Å². The molecule has 1 aliphatic rings. The molecule has 1 aliphatic heterocycles. The number of benzene rings is 1. The third-order valence-corrected chi connectivity index (χ3v) is 2.55. The predicted molar refractivity (Wildman–Crippen MR) is 55.4 cm³/mol. The van der Waals surface area contributed by atoms with Gasteiger partial charge in [-0.2, -0.15) is 0 Å². The summed E-state index contributed by atoms with van der Waals surface area (Å²) in [5.41, 5.74) is 3.08. The maximum atomic E-state index is 13.6. The Morgan fingerprint density at radius 2 is 2.29 bits per heavy atom. The summed E-state index contributed by atoms with van der Waals surface area (Å²) in [5, 5.41) is 0. The minimum atomic E-state index is -2.91. The molecule has 0 amide bonds. The summed E-state index contributed by atoms with van der Waals surface area (Å²) in [5.74, 6) is -0.842. The molecule has 2 N–H and O–H groups in total. The first-order chi connectivity index (χ1) is 8.06. The third kappa shape index (κ3) is 2.00. The van der Waals surface area contributed by atoms with E-state index in [0.29, 0.717) is 0 Å². The molecule has 6 heteroatoms. The molecule has 0 unspecified atom stereocenters. The lowest BCUT2D eigenvalue weighted by Crippen LogP contribution is -2.45. The van der Waals surface area contributed by atoms with E-state index in [4.69, 9.17) is 10.5 Å². The first-order valence-corrected chi connectivity index (χ1v) is 4.92. The first kappa shape index (κ1) is 11.9. The normalized spacial score (nSPS) is 24.8. The monoisotopic (exact) mass is 243 g/mol. The number of ether oxygens (including phenoxy) is 1. The molecular weight excluding hydrogens is 233 g/mol. The lowest BCUT2D eigenvalue weighted by molar-refractivity contribution is -0.0146. The average molecular weight is 243 g/mol. The summed E-state index contributed by atoms with van der Waals surface area (Å²) in [6.45, 7) is -0.424. The Hall–Kier alpha value is -1.56. The number of hydrogen-bond acceptors (Lipinski definition) is 3. The average Bonchev–Trinajstić information content (AvgIpc) is 2.29. The Bertz CT molecular complexity index is 450. The molecule has 0 saturated heterocycles. The molecule has 0 bridgehead atoms. The molecule has 1 heterocycles. The number of hydrogen-bond donors (Lipinski definition) is 1. The van der Waals surface area contributed by atoms with E-state index in [0.717, 1.165) is 12.1 Å². The van der Waals surface area contributed by atoms with Crippen molar-refractivity contribution < 1.29 is 17.9 Å². The maximum Gasteiger partial charge on any atom is 0.269 e. The van der Waals surface area contributed by atoms with Crippen LogP contribution in [0.5, 0.6) is 0 Å². The molecule has 3 nitrogen and oxygen atoms in total. The second-order valence-corrected chi connectivity index (χ2v) is 3.73. The van der Waals surface area contributed by atoms with Gasteiger partial charge in [0.05, 0.1) is 6.61 Å². The molecule has 2 rings (SSSR count). The van der Waals surface area contributed by atoms with Gasteiger partial charge in [0, 0.05) is 5.56 Å². The molecule has 1 atom stereocenters. The number of alkyl halides is 2. The summed E-state index contributed by atoms with van der Waals surface area (Å²) in [6.07, 6.45) is -2.91. The van der Waals surface area contributed by atoms with Crippen LogP contribution in [0, 0.1) is 11.9 Å². The van der Waals surface area contributed by atoms with Crippen molar-refractivity contribution in [3.63, 3.8) is 0 Å². The molecule has 0 aromatic heterocycles. The zero-order valence-corrected chi connectivity index (χ0v) is 8.79. The fraction of sp³-hybridized carbons (Fsp3) is 0.364. The number of rotatable bonds is 2. The number of aliphatic imine (C=N–C) groups is 1. The van der Waals surface area contributed by atoms with Gasteiger partial charge in [-0.25, -0.2) is 13.2 Å². The fourth-order valence-electron chi connectivity index (χ4n) is 1.74. The second-order valence-electron chi connectivity index (χ2n) is 3.73. The van der Waals surface area contributed by atoms with Crippen molar-refractivity contribution in [2.24, 2.45) is 10.7 Å². The molecule has 0 fully saturated rings. The highest BCUT2D eigenvalue weighted by Crippen LogP contribution is 2.36. The van der Waals surface area contributed by atoms with Crippen LogP contribution in [0.1, 0.15) is 5.56 Å². The highest BCUT2D eigenvalue weighted by molar-refractivity contribution is 5.82. The summed E-state index contributed by atoms with van der Waals surface area (Å²) >= 11 is 0. The van der Waals surface area contributed by atoms with Gasteiger partial charge < -0.3 is 10.5 Å². The SMILES string of the molecule is NC1=N[C@@](c2c[c]ccc2F)(C(F)F)COC1. The quantitative estimate of drug-likeness (QED) is 0.855. The van der Waals surface area contributed by atoms with E-state index in [9.17, 15) is 13.2 Å². The predicted octanol–water partition coefficient (Wildman–Crippen LogP) is 1.47. The Morgan fingerprint density at radius 1 is 1.53 bits per heavy atom. The minimum Gasteiger partial charge on any atom is -0.385 e.